The van der Waals surface area contributed by atoms with Crippen LogP contribution >= 0.6 is 22.9 Å². The van der Waals surface area contributed by atoms with Gasteiger partial charge in [-0.15, -0.1) is 10.2 Å². The molecule has 1 aromatic carbocycles. The number of anilines is 1. The fourth-order valence-electron chi connectivity index (χ4n) is 2.55. The summed E-state index contributed by atoms with van der Waals surface area (Å²) in [4.78, 5) is 24.9. The molecule has 2 amide bonds. The average molecular weight is 367 g/mol. The molecular formula is C15H15ClN4O3S. The molecule has 2 heterocycles. The first kappa shape index (κ1) is 16.7. The fraction of sp³-hybridized carbons (Fsp3) is 0.333. The Bertz CT molecular complexity index is 767. The molecule has 126 valence electrons. The van der Waals surface area contributed by atoms with E-state index in [0.717, 1.165) is 5.56 Å². The number of aromatic nitrogens is 2. The van der Waals surface area contributed by atoms with Gasteiger partial charge in [0.25, 0.3) is 0 Å². The summed E-state index contributed by atoms with van der Waals surface area (Å²) in [6, 6.07) is 6.87. The molecule has 1 aromatic heterocycles. The van der Waals surface area contributed by atoms with E-state index in [0.29, 0.717) is 34.5 Å². The van der Waals surface area contributed by atoms with E-state index in [4.69, 9.17) is 16.7 Å². The van der Waals surface area contributed by atoms with Crippen LogP contribution in [0.4, 0.5) is 9.93 Å². The van der Waals surface area contributed by atoms with Crippen molar-refractivity contribution in [1.82, 2.24) is 15.1 Å². The van der Waals surface area contributed by atoms with E-state index < -0.39 is 11.9 Å². The third kappa shape index (κ3) is 3.82. The summed E-state index contributed by atoms with van der Waals surface area (Å²) < 4.78 is 0. The topological polar surface area (TPSA) is 95.4 Å². The number of rotatable bonds is 3. The molecule has 0 saturated carbocycles. The molecule has 3 rings (SSSR count). The Kier molecular flexibility index (Phi) is 4.96. The zero-order valence-corrected chi connectivity index (χ0v) is 14.2. The lowest BCUT2D eigenvalue weighted by atomic mass is 9.99. The Morgan fingerprint density at radius 2 is 2.21 bits per heavy atom. The molecule has 2 aromatic rings. The van der Waals surface area contributed by atoms with Gasteiger partial charge in [0, 0.05) is 23.7 Å². The van der Waals surface area contributed by atoms with Gasteiger partial charge in [0.15, 0.2) is 0 Å². The molecule has 24 heavy (non-hydrogen) atoms. The number of benzene rings is 1. The summed E-state index contributed by atoms with van der Waals surface area (Å²) in [6.45, 7) is 0.747. The second-order valence-electron chi connectivity index (χ2n) is 5.48. The van der Waals surface area contributed by atoms with E-state index in [1.54, 1.807) is 12.1 Å². The van der Waals surface area contributed by atoms with Gasteiger partial charge in [0.1, 0.15) is 5.01 Å². The minimum atomic E-state index is -0.869. The number of piperidine rings is 1. The normalized spacial score (nSPS) is 17.5. The Morgan fingerprint density at radius 1 is 1.38 bits per heavy atom. The minimum Gasteiger partial charge on any atom is -0.481 e. The molecule has 2 N–H and O–H groups in total. The maximum Gasteiger partial charge on any atom is 0.323 e. The van der Waals surface area contributed by atoms with Gasteiger partial charge in [-0.3, -0.25) is 10.1 Å². The van der Waals surface area contributed by atoms with Crippen LogP contribution in [0.1, 0.15) is 12.8 Å². The summed E-state index contributed by atoms with van der Waals surface area (Å²) in [5.41, 5.74) is 0.824. The SMILES string of the molecule is O=C(O)C1CCCN(C(=O)Nc2nnc(-c3cccc(Cl)c3)s2)C1. The predicted octanol–water partition coefficient (Wildman–Crippen LogP) is 3.19. The van der Waals surface area contributed by atoms with Crippen molar-refractivity contribution in [2.45, 2.75) is 12.8 Å². The van der Waals surface area contributed by atoms with Crippen LogP contribution < -0.4 is 5.32 Å². The largest absolute Gasteiger partial charge is 0.481 e. The molecule has 0 aliphatic carbocycles. The molecule has 1 aliphatic rings. The van der Waals surface area contributed by atoms with Gasteiger partial charge in [-0.2, -0.15) is 0 Å². The number of hydrogen-bond acceptors (Lipinski definition) is 5. The van der Waals surface area contributed by atoms with Gasteiger partial charge in [0.05, 0.1) is 5.92 Å². The molecule has 1 fully saturated rings. The molecule has 9 heteroatoms. The van der Waals surface area contributed by atoms with Crippen molar-refractivity contribution in [3.05, 3.63) is 29.3 Å². The van der Waals surface area contributed by atoms with E-state index in [9.17, 15) is 9.59 Å². The average Bonchev–Trinajstić information content (AvgIpc) is 3.03. The molecule has 1 unspecified atom stereocenters. The van der Waals surface area contributed by atoms with Gasteiger partial charge in [-0.1, -0.05) is 35.1 Å². The number of carboxylic acids is 1. The number of nitrogens with one attached hydrogen (secondary N) is 1. The summed E-state index contributed by atoms with van der Waals surface area (Å²) >= 11 is 7.20. The van der Waals surface area contributed by atoms with E-state index in [1.807, 2.05) is 12.1 Å². The number of hydrogen-bond donors (Lipinski definition) is 2. The molecule has 1 aliphatic heterocycles. The number of carboxylic acid groups (broad SMARTS) is 1. The van der Waals surface area contributed by atoms with E-state index in [-0.39, 0.29) is 12.6 Å². The van der Waals surface area contributed by atoms with Crippen molar-refractivity contribution in [2.75, 3.05) is 18.4 Å². The minimum absolute atomic E-state index is 0.209. The lowest BCUT2D eigenvalue weighted by Gasteiger charge is -2.30. The van der Waals surface area contributed by atoms with Crippen molar-refractivity contribution >= 4 is 40.1 Å². The van der Waals surface area contributed by atoms with Gasteiger partial charge in [0.2, 0.25) is 5.13 Å². The van der Waals surface area contributed by atoms with E-state index in [2.05, 4.69) is 15.5 Å². The molecule has 0 spiro atoms. The maximum absolute atomic E-state index is 12.3. The van der Waals surface area contributed by atoms with Crippen molar-refractivity contribution in [3.63, 3.8) is 0 Å². The number of likely N-dealkylation sites (tertiary alicyclic amines) is 1. The zero-order chi connectivity index (χ0) is 17.1. The van der Waals surface area contributed by atoms with Crippen molar-refractivity contribution in [3.8, 4) is 10.6 Å². The number of nitrogens with zero attached hydrogens (tertiary/aromatic N) is 3. The number of aliphatic carboxylic acids is 1. The van der Waals surface area contributed by atoms with Crippen LogP contribution in [0.5, 0.6) is 0 Å². The van der Waals surface area contributed by atoms with Crippen LogP contribution in [-0.4, -0.2) is 45.3 Å². The Hall–Kier alpha value is -2.19. The van der Waals surface area contributed by atoms with Crippen molar-refractivity contribution in [1.29, 1.82) is 0 Å². The molecule has 1 atom stereocenters. The first-order chi connectivity index (χ1) is 11.5. The van der Waals surface area contributed by atoms with Crippen LogP contribution in [0.25, 0.3) is 10.6 Å². The smallest absolute Gasteiger partial charge is 0.323 e. The molecule has 7 nitrogen and oxygen atoms in total. The van der Waals surface area contributed by atoms with Crippen molar-refractivity contribution in [2.24, 2.45) is 5.92 Å². The highest BCUT2D eigenvalue weighted by atomic mass is 35.5. The Labute approximate surface area is 147 Å². The number of carbonyl (C=O) groups is 2. The van der Waals surface area contributed by atoms with Gasteiger partial charge < -0.3 is 10.0 Å². The van der Waals surface area contributed by atoms with Crippen LogP contribution in [0.2, 0.25) is 5.02 Å². The van der Waals surface area contributed by atoms with E-state index >= 15 is 0 Å². The molecular weight excluding hydrogens is 352 g/mol. The quantitative estimate of drug-likeness (QED) is 0.869. The third-order valence-corrected chi connectivity index (χ3v) is 4.89. The highest BCUT2D eigenvalue weighted by Crippen LogP contribution is 2.28. The molecule has 0 radical (unpaired) electrons. The standard InChI is InChI=1S/C15H15ClN4O3S/c16-11-5-1-3-9(7-11)12-18-19-14(24-12)17-15(23)20-6-2-4-10(8-20)13(21)22/h1,3,5,7,10H,2,4,6,8H2,(H,21,22)(H,17,19,23). The van der Waals surface area contributed by atoms with E-state index in [1.165, 1.54) is 16.2 Å². The predicted molar refractivity (Wildman–Crippen MR) is 91.3 cm³/mol. The second-order valence-corrected chi connectivity index (χ2v) is 6.89. The lowest BCUT2D eigenvalue weighted by Crippen LogP contribution is -2.44. The van der Waals surface area contributed by atoms with Gasteiger partial charge >= 0.3 is 12.0 Å². The highest BCUT2D eigenvalue weighted by molar-refractivity contribution is 7.18. The van der Waals surface area contributed by atoms with Crippen LogP contribution in [0, 0.1) is 5.92 Å². The zero-order valence-electron chi connectivity index (χ0n) is 12.6. The maximum atomic E-state index is 12.3. The summed E-state index contributed by atoms with van der Waals surface area (Å²) in [6.07, 6.45) is 1.27. The lowest BCUT2D eigenvalue weighted by molar-refractivity contribution is -0.143. The van der Waals surface area contributed by atoms with Crippen molar-refractivity contribution < 1.29 is 14.7 Å². The van der Waals surface area contributed by atoms with Crippen LogP contribution in [0.15, 0.2) is 24.3 Å². The van der Waals surface area contributed by atoms with Crippen LogP contribution in [-0.2, 0) is 4.79 Å². The van der Waals surface area contributed by atoms with Gasteiger partial charge in [-0.05, 0) is 25.0 Å². The first-order valence-electron chi connectivity index (χ1n) is 7.41. The number of amides is 2. The summed E-state index contributed by atoms with van der Waals surface area (Å²) in [5.74, 6) is -1.38. The Morgan fingerprint density at radius 3 is 2.96 bits per heavy atom. The fourth-order valence-corrected chi connectivity index (χ4v) is 3.47. The number of carbonyl (C=O) groups excluding carboxylic acids is 1. The van der Waals surface area contributed by atoms with Crippen LogP contribution in [0.3, 0.4) is 0 Å². The third-order valence-electron chi connectivity index (χ3n) is 3.77. The second kappa shape index (κ2) is 7.14. The monoisotopic (exact) mass is 366 g/mol. The Balaban J connectivity index is 1.66. The van der Waals surface area contributed by atoms with Gasteiger partial charge in [-0.25, -0.2) is 4.79 Å². The molecule has 0 bridgehead atoms. The number of halogens is 1. The highest BCUT2D eigenvalue weighted by Gasteiger charge is 2.28. The molecule has 1 saturated heterocycles. The number of urea groups is 1. The summed E-state index contributed by atoms with van der Waals surface area (Å²) in [5, 5.41) is 21.4. The summed E-state index contributed by atoms with van der Waals surface area (Å²) in [7, 11) is 0. The first-order valence-corrected chi connectivity index (χ1v) is 8.60.